The number of fused-ring (bicyclic) bond motifs is 1. The molecule has 6 N–H and O–H groups in total. The predicted molar refractivity (Wildman–Crippen MR) is 137 cm³/mol. The highest BCUT2D eigenvalue weighted by Crippen LogP contribution is 2.40. The highest BCUT2D eigenvalue weighted by molar-refractivity contribution is 5.84. The Morgan fingerprint density at radius 1 is 1.29 bits per heavy atom. The largest absolute Gasteiger partial charge is 0.400 e. The molecule has 1 aliphatic carbocycles. The molecule has 1 aliphatic heterocycles. The maximum absolute atomic E-state index is 6.82. The zero-order valence-corrected chi connectivity index (χ0v) is 19.7. The van der Waals surface area contributed by atoms with E-state index in [9.17, 15) is 0 Å². The first kappa shape index (κ1) is 22.3. The molecule has 5 rings (SSSR count). The fourth-order valence-corrected chi connectivity index (χ4v) is 4.77. The number of hydrogen-bond acceptors (Lipinski definition) is 8. The molecule has 3 aromatic heterocycles. The topological polar surface area (TPSA) is 137 Å². The van der Waals surface area contributed by atoms with Crippen molar-refractivity contribution in [3.8, 4) is 0 Å². The van der Waals surface area contributed by atoms with Gasteiger partial charge in [-0.1, -0.05) is 0 Å². The molecule has 178 valence electrons. The van der Waals surface area contributed by atoms with Crippen LogP contribution in [0.5, 0.6) is 0 Å². The monoisotopic (exact) mass is 459 g/mol. The molecule has 9 heteroatoms. The quantitative estimate of drug-likeness (QED) is 0.462. The van der Waals surface area contributed by atoms with Gasteiger partial charge in [0.15, 0.2) is 5.82 Å². The smallest absolute Gasteiger partial charge is 0.151 e. The first-order valence-corrected chi connectivity index (χ1v) is 12.0. The first-order valence-electron chi connectivity index (χ1n) is 12.0. The van der Waals surface area contributed by atoms with Gasteiger partial charge in [0.05, 0.1) is 35.8 Å². The maximum atomic E-state index is 6.82. The van der Waals surface area contributed by atoms with Crippen molar-refractivity contribution in [1.29, 1.82) is 0 Å². The van der Waals surface area contributed by atoms with Gasteiger partial charge in [-0.2, -0.15) is 0 Å². The Morgan fingerprint density at radius 2 is 2.15 bits per heavy atom. The van der Waals surface area contributed by atoms with Crippen LogP contribution in [-0.2, 0) is 6.54 Å². The second-order valence-electron chi connectivity index (χ2n) is 9.40. The van der Waals surface area contributed by atoms with Crippen LogP contribution >= 0.6 is 0 Å². The number of nitrogen functional groups attached to an aromatic ring is 1. The summed E-state index contributed by atoms with van der Waals surface area (Å²) < 4.78 is 2.12. The number of pyridine rings is 2. The van der Waals surface area contributed by atoms with E-state index in [1.54, 1.807) is 12.4 Å². The molecule has 0 spiro atoms. The van der Waals surface area contributed by atoms with Gasteiger partial charge in [-0.15, -0.1) is 0 Å². The fourth-order valence-electron chi connectivity index (χ4n) is 4.77. The van der Waals surface area contributed by atoms with Crippen LogP contribution in [0.3, 0.4) is 0 Å². The molecule has 0 aromatic carbocycles. The van der Waals surface area contributed by atoms with Crippen LogP contribution in [-0.4, -0.2) is 50.9 Å². The molecule has 34 heavy (non-hydrogen) atoms. The minimum atomic E-state index is -0.605. The molecule has 3 aromatic rings. The van der Waals surface area contributed by atoms with Crippen molar-refractivity contribution < 1.29 is 0 Å². The van der Waals surface area contributed by atoms with Gasteiger partial charge in [-0.25, -0.2) is 9.97 Å². The molecular weight excluding hydrogens is 426 g/mol. The molecule has 0 radical (unpaired) electrons. The van der Waals surface area contributed by atoms with Gasteiger partial charge in [0.25, 0.3) is 0 Å². The maximum Gasteiger partial charge on any atom is 0.151 e. The second-order valence-corrected chi connectivity index (χ2v) is 9.40. The molecule has 0 bridgehead atoms. The number of aromatic nitrogens is 4. The van der Waals surface area contributed by atoms with E-state index in [0.29, 0.717) is 30.5 Å². The van der Waals surface area contributed by atoms with E-state index in [2.05, 4.69) is 30.5 Å². The Hall–Kier alpha value is -3.46. The van der Waals surface area contributed by atoms with Gasteiger partial charge in [-0.05, 0) is 56.4 Å². The van der Waals surface area contributed by atoms with Crippen LogP contribution in [0.2, 0.25) is 0 Å². The highest BCUT2D eigenvalue weighted by atomic mass is 15.2. The average Bonchev–Trinajstić information content (AvgIpc) is 3.61. The van der Waals surface area contributed by atoms with E-state index in [-0.39, 0.29) is 0 Å². The van der Waals surface area contributed by atoms with Gasteiger partial charge in [-0.3, -0.25) is 9.98 Å². The molecule has 4 heterocycles. The van der Waals surface area contributed by atoms with Crippen molar-refractivity contribution >= 4 is 28.8 Å². The fraction of sp³-hybridized carbons (Fsp3) is 0.440. The molecule has 9 nitrogen and oxygen atoms in total. The van der Waals surface area contributed by atoms with Crippen molar-refractivity contribution in [2.75, 3.05) is 30.3 Å². The zero-order chi connectivity index (χ0) is 23.7. The van der Waals surface area contributed by atoms with E-state index < -0.39 is 5.54 Å². The van der Waals surface area contributed by atoms with Crippen molar-refractivity contribution in [3.05, 3.63) is 53.9 Å². The van der Waals surface area contributed by atoms with E-state index >= 15 is 0 Å². The van der Waals surface area contributed by atoms with Gasteiger partial charge in [0.2, 0.25) is 0 Å². The minimum absolute atomic E-state index is 0.447. The summed E-state index contributed by atoms with van der Waals surface area (Å²) in [6.07, 6.45) is 13.4. The lowest BCUT2D eigenvalue weighted by Crippen LogP contribution is -2.57. The Bertz CT molecular complexity index is 1240. The number of piperidine rings is 1. The number of anilines is 2. The summed E-state index contributed by atoms with van der Waals surface area (Å²) in [5, 5.41) is 0. The van der Waals surface area contributed by atoms with Gasteiger partial charge in [0.1, 0.15) is 5.52 Å². The van der Waals surface area contributed by atoms with Gasteiger partial charge in [0, 0.05) is 49.4 Å². The van der Waals surface area contributed by atoms with Crippen molar-refractivity contribution in [2.24, 2.45) is 16.5 Å². The molecule has 0 unspecified atom stereocenters. The minimum Gasteiger partial charge on any atom is -0.400 e. The number of imidazole rings is 1. The SMILES string of the molecule is CCN=C/C=C(\N)[C@@]1(N)CCCN(c2cnc(C3CC3)cc2Cn2cnc3c(N)nccc32)C1. The van der Waals surface area contributed by atoms with E-state index in [1.165, 1.54) is 18.4 Å². The van der Waals surface area contributed by atoms with Crippen LogP contribution in [0.1, 0.15) is 49.8 Å². The van der Waals surface area contributed by atoms with E-state index in [1.807, 2.05) is 31.6 Å². The zero-order valence-electron chi connectivity index (χ0n) is 19.7. The molecule has 0 amide bonds. The summed E-state index contributed by atoms with van der Waals surface area (Å²) in [5.74, 6) is 1.02. The van der Waals surface area contributed by atoms with Crippen LogP contribution in [0.4, 0.5) is 11.5 Å². The molecule has 2 fully saturated rings. The Morgan fingerprint density at radius 3 is 2.94 bits per heavy atom. The highest BCUT2D eigenvalue weighted by Gasteiger charge is 2.35. The standard InChI is InChI=1S/C25H33N9/c1-2-29-9-7-22(26)25(28)8-3-11-33(15-25)21-13-31-19(17-4-5-17)12-18(21)14-34-16-32-23-20(34)6-10-30-24(23)27/h6-7,9-10,12-13,16-17H,2-5,8,11,14-15,26,28H2,1H3,(H2,27,30)/b22-7-,29-9?/t25-/m1/s1. The van der Waals surface area contributed by atoms with Gasteiger partial charge >= 0.3 is 0 Å². The summed E-state index contributed by atoms with van der Waals surface area (Å²) in [6, 6.07) is 4.21. The third-order valence-corrected chi connectivity index (χ3v) is 6.87. The summed E-state index contributed by atoms with van der Waals surface area (Å²) in [7, 11) is 0. The van der Waals surface area contributed by atoms with Crippen LogP contribution in [0.15, 0.2) is 47.6 Å². The molecule has 1 saturated carbocycles. The summed E-state index contributed by atoms with van der Waals surface area (Å²) in [4.78, 5) is 20.1. The van der Waals surface area contributed by atoms with E-state index in [4.69, 9.17) is 22.2 Å². The molecule has 1 saturated heterocycles. The Kier molecular flexibility index (Phi) is 5.95. The lowest BCUT2D eigenvalue weighted by molar-refractivity contribution is 0.392. The van der Waals surface area contributed by atoms with Crippen molar-refractivity contribution in [2.45, 2.75) is 50.6 Å². The van der Waals surface area contributed by atoms with Crippen LogP contribution in [0, 0.1) is 0 Å². The van der Waals surface area contributed by atoms with Crippen molar-refractivity contribution in [3.63, 3.8) is 0 Å². The lowest BCUT2D eigenvalue weighted by Gasteiger charge is -2.42. The van der Waals surface area contributed by atoms with Crippen LogP contribution < -0.4 is 22.1 Å². The number of hydrogen-bond donors (Lipinski definition) is 3. The van der Waals surface area contributed by atoms with Crippen LogP contribution in [0.25, 0.3) is 11.0 Å². The predicted octanol–water partition coefficient (Wildman–Crippen LogP) is 2.57. The number of nitrogens with two attached hydrogens (primary N) is 3. The Balaban J connectivity index is 1.48. The molecule has 2 aliphatic rings. The lowest BCUT2D eigenvalue weighted by atomic mass is 9.86. The summed E-state index contributed by atoms with van der Waals surface area (Å²) in [6.45, 7) is 4.93. The normalized spacial score (nSPS) is 21.6. The van der Waals surface area contributed by atoms with Crippen molar-refractivity contribution in [1.82, 2.24) is 19.5 Å². The third kappa shape index (κ3) is 4.35. The molecule has 1 atom stereocenters. The molecular formula is C25H33N9. The number of aliphatic imine (C=N–C) groups is 1. The summed E-state index contributed by atoms with van der Waals surface area (Å²) in [5.41, 5.74) is 24.5. The van der Waals surface area contributed by atoms with Gasteiger partial charge < -0.3 is 26.7 Å². The number of allylic oxidation sites excluding steroid dienone is 1. The third-order valence-electron chi connectivity index (χ3n) is 6.87. The Labute approximate surface area is 199 Å². The summed E-state index contributed by atoms with van der Waals surface area (Å²) >= 11 is 0. The first-order chi connectivity index (χ1) is 16.5. The number of rotatable bonds is 7. The average molecular weight is 460 g/mol. The second kappa shape index (κ2) is 9.06. The number of nitrogens with zero attached hydrogens (tertiary/aromatic N) is 6. The van der Waals surface area contributed by atoms with E-state index in [0.717, 1.165) is 48.3 Å².